The van der Waals surface area contributed by atoms with Crippen LogP contribution in [0.5, 0.6) is 0 Å². The quantitative estimate of drug-likeness (QED) is 0.0495. The summed E-state index contributed by atoms with van der Waals surface area (Å²) < 4.78 is 0. The van der Waals surface area contributed by atoms with Gasteiger partial charge in [0.2, 0.25) is 11.9 Å². The first-order valence-corrected chi connectivity index (χ1v) is 20.3. The van der Waals surface area contributed by atoms with Crippen molar-refractivity contribution < 1.29 is 9.85 Å². The minimum absolute atomic E-state index is 0.148. The van der Waals surface area contributed by atoms with Crippen molar-refractivity contribution >= 4 is 58.1 Å². The summed E-state index contributed by atoms with van der Waals surface area (Å²) in [7, 11) is 0. The van der Waals surface area contributed by atoms with E-state index in [0.29, 0.717) is 55.8 Å². The third-order valence-corrected chi connectivity index (χ3v) is 10.3. The Bertz CT molecular complexity index is 2720. The van der Waals surface area contributed by atoms with Crippen LogP contribution in [0.2, 0.25) is 10.0 Å². The number of aromatic amines is 2. The van der Waals surface area contributed by atoms with Crippen molar-refractivity contribution in [3.8, 4) is 45.3 Å². The molecule has 6 aromatic heterocycles. The topological polar surface area (TPSA) is 252 Å². The SMILES string of the molecule is Cc1cc(Cl)ccc1-c1nc(N(CCNc2ccc([N+](=O)[O-])cn2)N(CCNc2ccc([N+](=O)[O-])cn2)c2ncc(-c3ncc[nH]3)c(-c3ccc(Cl)cc3C)n2)ncc1-c1ncc[nH]1. The Labute approximate surface area is 374 Å². The number of halogens is 2. The fourth-order valence-electron chi connectivity index (χ4n) is 6.80. The summed E-state index contributed by atoms with van der Waals surface area (Å²) in [5.41, 5.74) is 5.36. The van der Waals surface area contributed by atoms with E-state index in [4.69, 9.17) is 43.1 Å². The third-order valence-electron chi connectivity index (χ3n) is 9.88. The molecular formula is C42H36Cl2N16O4. The lowest BCUT2D eigenvalue weighted by atomic mass is 10.0. The number of aryl methyl sites for hydroxylation is 2. The van der Waals surface area contributed by atoms with E-state index in [1.54, 1.807) is 49.3 Å². The molecule has 0 atom stereocenters. The van der Waals surface area contributed by atoms with Crippen molar-refractivity contribution in [1.29, 1.82) is 0 Å². The van der Waals surface area contributed by atoms with Gasteiger partial charge in [-0.15, -0.1) is 0 Å². The van der Waals surface area contributed by atoms with E-state index in [9.17, 15) is 20.2 Å². The molecule has 0 fully saturated rings. The number of hydrogen-bond donors (Lipinski definition) is 4. The van der Waals surface area contributed by atoms with Gasteiger partial charge in [-0.1, -0.05) is 35.3 Å². The first kappa shape index (κ1) is 42.6. The largest absolute Gasteiger partial charge is 0.368 e. The first-order chi connectivity index (χ1) is 31.0. The molecule has 20 nitrogen and oxygen atoms in total. The smallest absolute Gasteiger partial charge is 0.287 e. The molecule has 322 valence electrons. The predicted molar refractivity (Wildman–Crippen MR) is 243 cm³/mol. The minimum atomic E-state index is -0.517. The molecule has 8 rings (SSSR count). The van der Waals surface area contributed by atoms with Crippen molar-refractivity contribution in [3.63, 3.8) is 0 Å². The van der Waals surface area contributed by atoms with Crippen molar-refractivity contribution in [1.82, 2.24) is 49.8 Å². The van der Waals surface area contributed by atoms with Gasteiger partial charge in [-0.05, 0) is 61.4 Å². The van der Waals surface area contributed by atoms with Crippen LogP contribution in [0.15, 0.2) is 110 Å². The Kier molecular flexibility index (Phi) is 12.6. The Morgan fingerprint density at radius 2 is 1.02 bits per heavy atom. The van der Waals surface area contributed by atoms with Crippen molar-refractivity contribution in [2.75, 3.05) is 46.8 Å². The lowest BCUT2D eigenvalue weighted by Crippen LogP contribution is -2.49. The fourth-order valence-corrected chi connectivity index (χ4v) is 7.25. The number of hydrogen-bond acceptors (Lipinski definition) is 16. The van der Waals surface area contributed by atoms with Gasteiger partial charge >= 0.3 is 0 Å². The van der Waals surface area contributed by atoms with Gasteiger partial charge < -0.3 is 20.6 Å². The van der Waals surface area contributed by atoms with Gasteiger partial charge in [-0.2, -0.15) is 0 Å². The van der Waals surface area contributed by atoms with Crippen LogP contribution in [0.25, 0.3) is 45.3 Å². The van der Waals surface area contributed by atoms with Gasteiger partial charge in [-0.25, -0.2) is 49.9 Å². The van der Waals surface area contributed by atoms with Crippen LogP contribution in [0.4, 0.5) is 34.9 Å². The summed E-state index contributed by atoms with van der Waals surface area (Å²) >= 11 is 12.8. The number of hydrazine groups is 1. The van der Waals surface area contributed by atoms with E-state index in [2.05, 4.69) is 40.5 Å². The predicted octanol–water partition coefficient (Wildman–Crippen LogP) is 8.36. The van der Waals surface area contributed by atoms with Crippen LogP contribution >= 0.6 is 23.2 Å². The third kappa shape index (κ3) is 9.52. The lowest BCUT2D eigenvalue weighted by Gasteiger charge is -2.35. The molecule has 0 aliphatic carbocycles. The molecule has 22 heteroatoms. The minimum Gasteiger partial charge on any atom is -0.368 e. The zero-order chi connectivity index (χ0) is 44.7. The number of anilines is 4. The van der Waals surface area contributed by atoms with Crippen molar-refractivity contribution in [2.24, 2.45) is 0 Å². The highest BCUT2D eigenvalue weighted by atomic mass is 35.5. The number of H-pyrrole nitrogens is 2. The summed E-state index contributed by atoms with van der Waals surface area (Å²) in [6.45, 7) is 4.67. The molecule has 64 heavy (non-hydrogen) atoms. The van der Waals surface area contributed by atoms with E-state index < -0.39 is 9.85 Å². The van der Waals surface area contributed by atoms with Gasteiger partial charge in [0.25, 0.3) is 11.4 Å². The molecule has 0 amide bonds. The number of imidazole rings is 2. The van der Waals surface area contributed by atoms with Crippen LogP contribution in [0.1, 0.15) is 11.1 Å². The zero-order valence-electron chi connectivity index (χ0n) is 34.0. The molecule has 6 heterocycles. The molecule has 0 saturated heterocycles. The van der Waals surface area contributed by atoms with Crippen LogP contribution in [-0.4, -0.2) is 85.9 Å². The average Bonchev–Trinajstić information content (AvgIpc) is 4.04. The number of nitrogens with zero attached hydrogens (tertiary/aromatic N) is 12. The molecule has 4 N–H and O–H groups in total. The summed E-state index contributed by atoms with van der Waals surface area (Å²) in [5, 5.41) is 34.0. The van der Waals surface area contributed by atoms with E-state index in [1.165, 1.54) is 36.7 Å². The monoisotopic (exact) mass is 898 g/mol. The Morgan fingerprint density at radius 1 is 0.578 bits per heavy atom. The molecule has 2 aromatic carbocycles. The molecule has 0 bridgehead atoms. The number of nitro groups is 2. The van der Waals surface area contributed by atoms with Gasteiger partial charge in [0, 0.05) is 83.6 Å². The molecule has 8 aromatic rings. The van der Waals surface area contributed by atoms with Gasteiger partial charge in [0.1, 0.15) is 35.7 Å². The summed E-state index contributed by atoms with van der Waals surface area (Å²) in [4.78, 5) is 65.8. The van der Waals surface area contributed by atoms with E-state index in [1.807, 2.05) is 48.1 Å². The fraction of sp³-hybridized carbons (Fsp3) is 0.143. The highest BCUT2D eigenvalue weighted by Gasteiger charge is 2.27. The van der Waals surface area contributed by atoms with Crippen molar-refractivity contribution in [2.45, 2.75) is 13.8 Å². The van der Waals surface area contributed by atoms with Crippen LogP contribution in [-0.2, 0) is 0 Å². The molecule has 0 saturated carbocycles. The maximum Gasteiger partial charge on any atom is 0.287 e. The molecule has 0 aliphatic rings. The zero-order valence-corrected chi connectivity index (χ0v) is 35.5. The standard InChI is InChI=1S/C42H36Cl2N16O4/c1-25-19-27(43)3-7-31(25)37-33(39-47-11-12-48-39)23-53-41(55-37)57(17-15-45-35-9-5-29(21-51-35)59(61)62)58(18-16-46-36-10-6-30(22-52-36)60(63)64)42-54-24-34(40-49-13-14-50-40)38(56-42)32-8-4-28(44)20-26(32)2/h3-14,19-24H,15-18H2,1-2H3,(H,45,51)(H,46,52)(H,47,48)(H,49,50). The molecular weight excluding hydrogens is 863 g/mol. The number of aromatic nitrogens is 10. The van der Waals surface area contributed by atoms with E-state index in [0.717, 1.165) is 22.3 Å². The number of benzene rings is 2. The number of pyridine rings is 2. The normalized spacial score (nSPS) is 11.0. The summed E-state index contributed by atoms with van der Waals surface area (Å²) in [5.74, 6) is 2.38. The summed E-state index contributed by atoms with van der Waals surface area (Å²) in [6.07, 6.45) is 12.4. The maximum atomic E-state index is 11.4. The molecule has 0 radical (unpaired) electrons. The Balaban J connectivity index is 1.27. The van der Waals surface area contributed by atoms with Gasteiger partial charge in [0.05, 0.1) is 45.5 Å². The van der Waals surface area contributed by atoms with Crippen LogP contribution < -0.4 is 20.7 Å². The maximum absolute atomic E-state index is 11.4. The Hall–Kier alpha value is -8.10. The highest BCUT2D eigenvalue weighted by molar-refractivity contribution is 6.31. The van der Waals surface area contributed by atoms with Gasteiger partial charge in [-0.3, -0.25) is 20.2 Å². The summed E-state index contributed by atoms with van der Waals surface area (Å²) in [6, 6.07) is 16.8. The lowest BCUT2D eigenvalue weighted by molar-refractivity contribution is -0.385. The van der Waals surface area contributed by atoms with Crippen LogP contribution in [0, 0.1) is 34.1 Å². The molecule has 0 aliphatic heterocycles. The Morgan fingerprint density at radius 3 is 1.36 bits per heavy atom. The second kappa shape index (κ2) is 18.9. The molecule has 0 unspecified atom stereocenters. The first-order valence-electron chi connectivity index (χ1n) is 19.5. The molecule has 0 spiro atoms. The van der Waals surface area contributed by atoms with Crippen molar-refractivity contribution in [3.05, 3.63) is 152 Å². The van der Waals surface area contributed by atoms with E-state index in [-0.39, 0.29) is 49.5 Å². The average molecular weight is 900 g/mol. The number of rotatable bonds is 17. The highest BCUT2D eigenvalue weighted by Crippen LogP contribution is 2.36. The second-order valence-electron chi connectivity index (χ2n) is 14.1. The van der Waals surface area contributed by atoms with E-state index >= 15 is 0 Å². The second-order valence-corrected chi connectivity index (χ2v) is 14.9. The van der Waals surface area contributed by atoms with Crippen LogP contribution in [0.3, 0.4) is 0 Å². The van der Waals surface area contributed by atoms with Gasteiger partial charge in [0.15, 0.2) is 0 Å². The number of nitrogens with one attached hydrogen (secondary N) is 4.